The molecule has 0 heterocycles. The maximum absolute atomic E-state index is 5.96. The van der Waals surface area contributed by atoms with Crippen molar-refractivity contribution in [2.75, 3.05) is 13.7 Å². The van der Waals surface area contributed by atoms with Crippen molar-refractivity contribution in [2.45, 2.75) is 51.5 Å². The molecule has 1 aromatic carbocycles. The van der Waals surface area contributed by atoms with E-state index in [4.69, 9.17) is 4.74 Å². The zero-order chi connectivity index (χ0) is 14.7. The van der Waals surface area contributed by atoms with Crippen LogP contribution in [0.3, 0.4) is 0 Å². The number of benzene rings is 1. The molecule has 2 aliphatic carbocycles. The number of hydrogen-bond donors (Lipinski definition) is 1. The van der Waals surface area contributed by atoms with Gasteiger partial charge in [0.05, 0.1) is 6.61 Å². The minimum absolute atomic E-state index is 0.433. The average molecular weight is 287 g/mol. The van der Waals surface area contributed by atoms with Crippen molar-refractivity contribution in [1.29, 1.82) is 0 Å². The SMILES string of the molecule is CCCOc1ccccc1C(CC1CC2CCC1C2)NC. The summed E-state index contributed by atoms with van der Waals surface area (Å²) < 4.78 is 5.96. The fourth-order valence-electron chi connectivity index (χ4n) is 4.48. The molecule has 0 aliphatic heterocycles. The van der Waals surface area contributed by atoms with Crippen LogP contribution in [0, 0.1) is 17.8 Å². The first kappa shape index (κ1) is 14.9. The van der Waals surface area contributed by atoms with E-state index in [0.717, 1.165) is 36.5 Å². The Bertz CT molecular complexity index is 459. The molecule has 21 heavy (non-hydrogen) atoms. The molecule has 0 saturated heterocycles. The average Bonchev–Trinajstić information content (AvgIpc) is 3.13. The van der Waals surface area contributed by atoms with Gasteiger partial charge >= 0.3 is 0 Å². The van der Waals surface area contributed by atoms with Crippen LogP contribution in [0.1, 0.15) is 57.1 Å². The van der Waals surface area contributed by atoms with Gasteiger partial charge in [0.2, 0.25) is 0 Å². The minimum Gasteiger partial charge on any atom is -0.493 e. The maximum atomic E-state index is 5.96. The van der Waals surface area contributed by atoms with Crippen molar-refractivity contribution in [1.82, 2.24) is 5.32 Å². The lowest BCUT2D eigenvalue weighted by Gasteiger charge is -2.28. The molecule has 2 saturated carbocycles. The predicted molar refractivity (Wildman–Crippen MR) is 87.6 cm³/mol. The quantitative estimate of drug-likeness (QED) is 0.793. The van der Waals surface area contributed by atoms with Crippen molar-refractivity contribution in [3.05, 3.63) is 29.8 Å². The number of ether oxygens (including phenoxy) is 1. The summed E-state index contributed by atoms with van der Waals surface area (Å²) in [5.41, 5.74) is 1.34. The number of rotatable bonds is 7. The Balaban J connectivity index is 1.70. The van der Waals surface area contributed by atoms with E-state index in [0.29, 0.717) is 6.04 Å². The van der Waals surface area contributed by atoms with Gasteiger partial charge in [0.1, 0.15) is 5.75 Å². The van der Waals surface area contributed by atoms with Crippen LogP contribution < -0.4 is 10.1 Å². The van der Waals surface area contributed by atoms with Crippen LogP contribution in [0.4, 0.5) is 0 Å². The van der Waals surface area contributed by atoms with Crippen LogP contribution in [-0.2, 0) is 0 Å². The maximum Gasteiger partial charge on any atom is 0.124 e. The molecule has 0 radical (unpaired) electrons. The molecule has 2 bridgehead atoms. The summed E-state index contributed by atoms with van der Waals surface area (Å²) in [4.78, 5) is 0. The molecule has 116 valence electrons. The molecule has 4 atom stereocenters. The molecule has 0 amide bonds. The Hall–Kier alpha value is -1.02. The van der Waals surface area contributed by atoms with Crippen LogP contribution >= 0.6 is 0 Å². The molecule has 2 nitrogen and oxygen atoms in total. The molecule has 1 aromatic rings. The van der Waals surface area contributed by atoms with Gasteiger partial charge in [-0.1, -0.05) is 31.5 Å². The van der Waals surface area contributed by atoms with Crippen LogP contribution in [0.15, 0.2) is 24.3 Å². The Morgan fingerprint density at radius 1 is 1.24 bits per heavy atom. The number of hydrogen-bond acceptors (Lipinski definition) is 2. The van der Waals surface area contributed by atoms with E-state index in [2.05, 4.69) is 43.6 Å². The molecule has 4 unspecified atom stereocenters. The molecule has 1 N–H and O–H groups in total. The predicted octanol–water partition coefficient (Wildman–Crippen LogP) is 4.56. The summed E-state index contributed by atoms with van der Waals surface area (Å²) >= 11 is 0. The largest absolute Gasteiger partial charge is 0.493 e. The Morgan fingerprint density at radius 3 is 2.76 bits per heavy atom. The highest BCUT2D eigenvalue weighted by Gasteiger charge is 2.40. The van der Waals surface area contributed by atoms with Crippen molar-refractivity contribution in [3.8, 4) is 5.75 Å². The topological polar surface area (TPSA) is 21.3 Å². The van der Waals surface area contributed by atoms with E-state index in [1.165, 1.54) is 37.7 Å². The summed E-state index contributed by atoms with van der Waals surface area (Å²) in [6, 6.07) is 9.01. The molecular formula is C19H29NO. The summed E-state index contributed by atoms with van der Waals surface area (Å²) in [5, 5.41) is 3.54. The smallest absolute Gasteiger partial charge is 0.124 e. The van der Waals surface area contributed by atoms with E-state index < -0.39 is 0 Å². The van der Waals surface area contributed by atoms with E-state index >= 15 is 0 Å². The summed E-state index contributed by atoms with van der Waals surface area (Å²) in [6.45, 7) is 2.97. The van der Waals surface area contributed by atoms with Crippen molar-refractivity contribution < 1.29 is 4.74 Å². The highest BCUT2D eigenvalue weighted by molar-refractivity contribution is 5.36. The van der Waals surface area contributed by atoms with Crippen molar-refractivity contribution in [2.24, 2.45) is 17.8 Å². The zero-order valence-corrected chi connectivity index (χ0v) is 13.5. The lowest BCUT2D eigenvalue weighted by Crippen LogP contribution is -2.23. The second-order valence-corrected chi connectivity index (χ2v) is 6.90. The molecule has 2 fully saturated rings. The highest BCUT2D eigenvalue weighted by atomic mass is 16.5. The fourth-order valence-corrected chi connectivity index (χ4v) is 4.48. The number of para-hydroxylation sites is 1. The van der Waals surface area contributed by atoms with E-state index in [1.807, 2.05) is 0 Å². The van der Waals surface area contributed by atoms with Crippen LogP contribution in [-0.4, -0.2) is 13.7 Å². The molecule has 0 aromatic heterocycles. The lowest BCUT2D eigenvalue weighted by molar-refractivity contribution is 0.274. The normalized spacial score (nSPS) is 28.8. The standard InChI is InChI=1S/C19H29NO/c1-3-10-21-19-7-5-4-6-17(19)18(20-2)13-16-12-14-8-9-15(16)11-14/h4-7,14-16,18,20H,3,8-13H2,1-2H3. The second kappa shape index (κ2) is 6.83. The van der Waals surface area contributed by atoms with Crippen LogP contribution in [0.2, 0.25) is 0 Å². The molecule has 3 rings (SSSR count). The first-order valence-electron chi connectivity index (χ1n) is 8.70. The van der Waals surface area contributed by atoms with Gasteiger partial charge in [-0.15, -0.1) is 0 Å². The van der Waals surface area contributed by atoms with Gasteiger partial charge in [0.15, 0.2) is 0 Å². The van der Waals surface area contributed by atoms with Gasteiger partial charge in [-0.2, -0.15) is 0 Å². The Morgan fingerprint density at radius 2 is 2.10 bits per heavy atom. The second-order valence-electron chi connectivity index (χ2n) is 6.90. The van der Waals surface area contributed by atoms with Gasteiger partial charge in [0.25, 0.3) is 0 Å². The van der Waals surface area contributed by atoms with Gasteiger partial charge in [-0.05, 0) is 63.0 Å². The Kier molecular flexibility index (Phi) is 4.84. The van der Waals surface area contributed by atoms with E-state index in [1.54, 1.807) is 0 Å². The first-order valence-corrected chi connectivity index (χ1v) is 8.70. The zero-order valence-electron chi connectivity index (χ0n) is 13.5. The van der Waals surface area contributed by atoms with Crippen LogP contribution in [0.5, 0.6) is 5.75 Å². The molecule has 0 spiro atoms. The van der Waals surface area contributed by atoms with Gasteiger partial charge in [0, 0.05) is 11.6 Å². The molecule has 2 aliphatic rings. The van der Waals surface area contributed by atoms with Crippen molar-refractivity contribution >= 4 is 0 Å². The van der Waals surface area contributed by atoms with Gasteiger partial charge in [-0.3, -0.25) is 0 Å². The lowest BCUT2D eigenvalue weighted by atomic mass is 9.82. The molecular weight excluding hydrogens is 258 g/mol. The van der Waals surface area contributed by atoms with Gasteiger partial charge in [-0.25, -0.2) is 0 Å². The monoisotopic (exact) mass is 287 g/mol. The third kappa shape index (κ3) is 3.26. The third-order valence-corrected chi connectivity index (χ3v) is 5.53. The van der Waals surface area contributed by atoms with Gasteiger partial charge < -0.3 is 10.1 Å². The summed E-state index contributed by atoms with van der Waals surface area (Å²) in [7, 11) is 2.09. The first-order chi connectivity index (χ1) is 10.3. The Labute approximate surface area is 129 Å². The molecule has 2 heteroatoms. The summed E-state index contributed by atoms with van der Waals surface area (Å²) in [6.07, 6.45) is 8.24. The van der Waals surface area contributed by atoms with E-state index in [-0.39, 0.29) is 0 Å². The summed E-state index contributed by atoms with van der Waals surface area (Å²) in [5.74, 6) is 4.01. The number of fused-ring (bicyclic) bond motifs is 2. The van der Waals surface area contributed by atoms with E-state index in [9.17, 15) is 0 Å². The number of nitrogens with one attached hydrogen (secondary N) is 1. The minimum atomic E-state index is 0.433. The third-order valence-electron chi connectivity index (χ3n) is 5.53. The fraction of sp³-hybridized carbons (Fsp3) is 0.684. The van der Waals surface area contributed by atoms with Crippen LogP contribution in [0.25, 0.3) is 0 Å². The van der Waals surface area contributed by atoms with Crippen molar-refractivity contribution in [3.63, 3.8) is 0 Å². The highest BCUT2D eigenvalue weighted by Crippen LogP contribution is 2.51.